The maximum absolute atomic E-state index is 11.5. The summed E-state index contributed by atoms with van der Waals surface area (Å²) in [6, 6.07) is 9.43. The molecule has 1 N–H and O–H groups in total. The van der Waals surface area contributed by atoms with Crippen molar-refractivity contribution in [2.75, 3.05) is 31.6 Å². The van der Waals surface area contributed by atoms with E-state index in [2.05, 4.69) is 16.3 Å². The van der Waals surface area contributed by atoms with Crippen LogP contribution >= 0.6 is 0 Å². The minimum absolute atomic E-state index is 0.103. The number of carbonyl (C=O) groups excluding carboxylic acids is 1. The lowest BCUT2D eigenvalue weighted by Crippen LogP contribution is -2.49. The highest BCUT2D eigenvalue weighted by Gasteiger charge is 2.25. The van der Waals surface area contributed by atoms with Gasteiger partial charge in [-0.15, -0.1) is 0 Å². The van der Waals surface area contributed by atoms with Crippen LogP contribution in [0.3, 0.4) is 0 Å². The first kappa shape index (κ1) is 12.4. The number of benzene rings is 1. The van der Waals surface area contributed by atoms with Crippen molar-refractivity contribution in [1.82, 2.24) is 5.32 Å². The first-order chi connectivity index (χ1) is 8.74. The van der Waals surface area contributed by atoms with Gasteiger partial charge in [-0.3, -0.25) is 4.79 Å². The number of rotatable bonds is 2. The van der Waals surface area contributed by atoms with E-state index < -0.39 is 6.10 Å². The standard InChI is InChI=1S/C13H15N3O2/c1-15-13(17)12-9-16(6-7-18-12)11-4-2-10(8-14)3-5-11/h2-5,12H,6-7,9H2,1H3,(H,15,17). The van der Waals surface area contributed by atoms with Crippen molar-refractivity contribution in [3.05, 3.63) is 29.8 Å². The lowest BCUT2D eigenvalue weighted by molar-refractivity contribution is -0.132. The predicted octanol–water partition coefficient (Wildman–Crippen LogP) is 0.509. The second kappa shape index (κ2) is 5.52. The van der Waals surface area contributed by atoms with Crippen LogP contribution in [0.15, 0.2) is 24.3 Å². The highest BCUT2D eigenvalue weighted by atomic mass is 16.5. The monoisotopic (exact) mass is 245 g/mol. The number of nitrogens with one attached hydrogen (secondary N) is 1. The number of anilines is 1. The number of ether oxygens (including phenoxy) is 1. The largest absolute Gasteiger partial charge is 0.366 e. The molecule has 0 aliphatic carbocycles. The lowest BCUT2D eigenvalue weighted by atomic mass is 10.2. The number of morpholine rings is 1. The average molecular weight is 245 g/mol. The number of nitriles is 1. The Morgan fingerprint density at radius 1 is 1.50 bits per heavy atom. The van der Waals surface area contributed by atoms with Gasteiger partial charge < -0.3 is 15.0 Å². The second-order valence-electron chi connectivity index (χ2n) is 4.08. The number of carbonyl (C=O) groups is 1. The number of nitrogens with zero attached hydrogens (tertiary/aromatic N) is 2. The van der Waals surface area contributed by atoms with Crippen LogP contribution in [0.4, 0.5) is 5.69 Å². The van der Waals surface area contributed by atoms with Gasteiger partial charge in [0.1, 0.15) is 0 Å². The highest BCUT2D eigenvalue weighted by molar-refractivity contribution is 5.81. The van der Waals surface area contributed by atoms with Crippen LogP contribution in [0, 0.1) is 11.3 Å². The summed E-state index contributed by atoms with van der Waals surface area (Å²) in [7, 11) is 1.60. The Hall–Kier alpha value is -2.06. The van der Waals surface area contributed by atoms with E-state index in [1.165, 1.54) is 0 Å². The first-order valence-electron chi connectivity index (χ1n) is 5.83. The summed E-state index contributed by atoms with van der Waals surface area (Å²) in [6.45, 7) is 1.81. The molecule has 0 bridgehead atoms. The average Bonchev–Trinajstić information content (AvgIpc) is 2.46. The molecule has 1 atom stereocenters. The maximum atomic E-state index is 11.5. The second-order valence-corrected chi connectivity index (χ2v) is 4.08. The van der Waals surface area contributed by atoms with Crippen molar-refractivity contribution in [3.63, 3.8) is 0 Å². The van der Waals surface area contributed by atoms with Gasteiger partial charge in [-0.05, 0) is 24.3 Å². The molecule has 1 fully saturated rings. The molecule has 1 amide bonds. The summed E-state index contributed by atoms with van der Waals surface area (Å²) in [6.07, 6.45) is -0.431. The van der Waals surface area contributed by atoms with Crippen molar-refractivity contribution in [2.45, 2.75) is 6.10 Å². The van der Waals surface area contributed by atoms with E-state index in [0.29, 0.717) is 18.7 Å². The molecule has 94 valence electrons. The van der Waals surface area contributed by atoms with Crippen molar-refractivity contribution in [2.24, 2.45) is 0 Å². The van der Waals surface area contributed by atoms with Gasteiger partial charge >= 0.3 is 0 Å². The zero-order valence-corrected chi connectivity index (χ0v) is 10.2. The molecule has 2 rings (SSSR count). The third-order valence-corrected chi connectivity index (χ3v) is 2.97. The van der Waals surface area contributed by atoms with E-state index in [1.54, 1.807) is 19.2 Å². The van der Waals surface area contributed by atoms with Gasteiger partial charge in [0, 0.05) is 19.3 Å². The normalized spacial score (nSPS) is 19.1. The van der Waals surface area contributed by atoms with Crippen LogP contribution < -0.4 is 10.2 Å². The molecule has 5 nitrogen and oxygen atoms in total. The van der Waals surface area contributed by atoms with Crippen molar-refractivity contribution >= 4 is 11.6 Å². The van der Waals surface area contributed by atoms with Crippen LogP contribution in [-0.2, 0) is 9.53 Å². The SMILES string of the molecule is CNC(=O)C1CN(c2ccc(C#N)cc2)CCO1. The molecule has 1 heterocycles. The molecule has 0 aromatic heterocycles. The predicted molar refractivity (Wildman–Crippen MR) is 67.2 cm³/mol. The van der Waals surface area contributed by atoms with Crippen LogP contribution in [-0.4, -0.2) is 38.8 Å². The van der Waals surface area contributed by atoms with E-state index in [0.717, 1.165) is 12.2 Å². The molecule has 1 unspecified atom stereocenters. The molecule has 0 radical (unpaired) electrons. The Balaban J connectivity index is 2.08. The van der Waals surface area contributed by atoms with Gasteiger partial charge in [-0.1, -0.05) is 0 Å². The molecule has 0 saturated carbocycles. The van der Waals surface area contributed by atoms with Crippen molar-refractivity contribution in [3.8, 4) is 6.07 Å². The first-order valence-corrected chi connectivity index (χ1v) is 5.83. The van der Waals surface area contributed by atoms with E-state index in [4.69, 9.17) is 10.00 Å². The van der Waals surface area contributed by atoms with E-state index in [1.807, 2.05) is 12.1 Å². The zero-order valence-electron chi connectivity index (χ0n) is 10.2. The topological polar surface area (TPSA) is 65.4 Å². The lowest BCUT2D eigenvalue weighted by Gasteiger charge is -2.33. The summed E-state index contributed by atoms with van der Waals surface area (Å²) in [4.78, 5) is 13.6. The van der Waals surface area contributed by atoms with E-state index in [9.17, 15) is 4.79 Å². The number of likely N-dealkylation sites (N-methyl/N-ethyl adjacent to an activating group) is 1. The van der Waals surface area contributed by atoms with Gasteiger partial charge in [0.15, 0.2) is 6.10 Å². The molecule has 5 heteroatoms. The summed E-state index contributed by atoms with van der Waals surface area (Å²) in [5, 5.41) is 11.3. The summed E-state index contributed by atoms with van der Waals surface area (Å²) in [5.41, 5.74) is 1.64. The summed E-state index contributed by atoms with van der Waals surface area (Å²) in [5.74, 6) is -0.103. The van der Waals surface area contributed by atoms with Gasteiger partial charge in [0.05, 0.1) is 24.8 Å². The molecule has 1 saturated heterocycles. The number of hydrogen-bond acceptors (Lipinski definition) is 4. The van der Waals surface area contributed by atoms with Crippen molar-refractivity contribution in [1.29, 1.82) is 5.26 Å². The zero-order chi connectivity index (χ0) is 13.0. The molecule has 1 aliphatic rings. The Labute approximate surface area is 106 Å². The minimum Gasteiger partial charge on any atom is -0.366 e. The molecule has 1 aromatic carbocycles. The molecular weight excluding hydrogens is 230 g/mol. The van der Waals surface area contributed by atoms with E-state index in [-0.39, 0.29) is 5.91 Å². The molecule has 0 spiro atoms. The van der Waals surface area contributed by atoms with Gasteiger partial charge in [-0.25, -0.2) is 0 Å². The summed E-state index contributed by atoms with van der Waals surface area (Å²) >= 11 is 0. The maximum Gasteiger partial charge on any atom is 0.250 e. The third-order valence-electron chi connectivity index (χ3n) is 2.97. The molecule has 1 aromatic rings. The fourth-order valence-electron chi connectivity index (χ4n) is 1.95. The van der Waals surface area contributed by atoms with Crippen LogP contribution in [0.25, 0.3) is 0 Å². The third kappa shape index (κ3) is 2.60. The Morgan fingerprint density at radius 2 is 2.22 bits per heavy atom. The van der Waals surface area contributed by atoms with Crippen LogP contribution in [0.5, 0.6) is 0 Å². The number of hydrogen-bond donors (Lipinski definition) is 1. The van der Waals surface area contributed by atoms with Gasteiger partial charge in [-0.2, -0.15) is 5.26 Å². The Bertz CT molecular complexity index is 464. The molecule has 1 aliphatic heterocycles. The van der Waals surface area contributed by atoms with Gasteiger partial charge in [0.2, 0.25) is 0 Å². The Morgan fingerprint density at radius 3 is 2.83 bits per heavy atom. The summed E-state index contributed by atoms with van der Waals surface area (Å²) < 4.78 is 5.42. The van der Waals surface area contributed by atoms with Gasteiger partial charge in [0.25, 0.3) is 5.91 Å². The highest BCUT2D eigenvalue weighted by Crippen LogP contribution is 2.18. The fraction of sp³-hybridized carbons (Fsp3) is 0.385. The minimum atomic E-state index is -0.431. The van der Waals surface area contributed by atoms with E-state index >= 15 is 0 Å². The number of amides is 1. The smallest absolute Gasteiger partial charge is 0.250 e. The van der Waals surface area contributed by atoms with Crippen LogP contribution in [0.2, 0.25) is 0 Å². The van der Waals surface area contributed by atoms with Crippen molar-refractivity contribution < 1.29 is 9.53 Å². The molecular formula is C13H15N3O2. The fourth-order valence-corrected chi connectivity index (χ4v) is 1.95. The quantitative estimate of drug-likeness (QED) is 0.824. The Kier molecular flexibility index (Phi) is 3.80. The van der Waals surface area contributed by atoms with Crippen LogP contribution in [0.1, 0.15) is 5.56 Å². The molecule has 18 heavy (non-hydrogen) atoms.